The van der Waals surface area contributed by atoms with Gasteiger partial charge in [0, 0.05) is 0 Å². The fourth-order valence-corrected chi connectivity index (χ4v) is 1.03. The van der Waals surface area contributed by atoms with E-state index in [0.29, 0.717) is 6.61 Å². The van der Waals surface area contributed by atoms with E-state index in [1.165, 1.54) is 0 Å². The molecule has 0 radical (unpaired) electrons. The average Bonchev–Trinajstić information content (AvgIpc) is 2.04. The first-order chi connectivity index (χ1) is 5.63. The van der Waals surface area contributed by atoms with Crippen molar-refractivity contribution in [2.45, 2.75) is 26.1 Å². The molecule has 0 aromatic rings. The van der Waals surface area contributed by atoms with Gasteiger partial charge in [0.15, 0.2) is 0 Å². The molecule has 3 heteroatoms. The maximum atomic E-state index is 9.31. The van der Waals surface area contributed by atoms with Crippen LogP contribution in [0.25, 0.3) is 0 Å². The summed E-state index contributed by atoms with van der Waals surface area (Å²) in [5, 5.41) is 18.0. The molecule has 0 rings (SSSR count). The molecular weight excluding hydrogens is 156 g/mol. The maximum Gasteiger partial charge on any atom is 0.103 e. The van der Waals surface area contributed by atoms with Crippen LogP contribution in [-0.4, -0.2) is 35.6 Å². The summed E-state index contributed by atoms with van der Waals surface area (Å²) in [6.07, 6.45) is 0.511. The van der Waals surface area contributed by atoms with E-state index in [1.807, 2.05) is 13.8 Å². The van der Waals surface area contributed by atoms with Crippen molar-refractivity contribution < 1.29 is 14.9 Å². The second-order valence-corrected chi connectivity index (χ2v) is 3.08. The highest BCUT2D eigenvalue weighted by Gasteiger charge is 2.21. The molecular formula is C9H18O3. The molecule has 0 aromatic heterocycles. The number of ether oxygens (including phenoxy) is 1. The van der Waals surface area contributed by atoms with Gasteiger partial charge in [0.2, 0.25) is 0 Å². The predicted octanol–water partition coefficient (Wildman–Crippen LogP) is 0.567. The molecule has 2 N–H and O–H groups in total. The number of hydrogen-bond donors (Lipinski definition) is 2. The Kier molecular flexibility index (Phi) is 5.98. The zero-order valence-corrected chi connectivity index (χ0v) is 7.73. The first-order valence-corrected chi connectivity index (χ1v) is 4.14. The third-order valence-electron chi connectivity index (χ3n) is 1.63. The molecule has 0 aliphatic carbocycles. The van der Waals surface area contributed by atoms with Crippen molar-refractivity contribution in [3.8, 4) is 0 Å². The fraction of sp³-hybridized carbons (Fsp3) is 0.778. The van der Waals surface area contributed by atoms with Gasteiger partial charge in [-0.2, -0.15) is 0 Å². The van der Waals surface area contributed by atoms with Crippen molar-refractivity contribution in [2.75, 3.05) is 13.2 Å². The van der Waals surface area contributed by atoms with E-state index >= 15 is 0 Å². The molecule has 0 aliphatic heterocycles. The second-order valence-electron chi connectivity index (χ2n) is 3.08. The van der Waals surface area contributed by atoms with E-state index in [4.69, 9.17) is 9.84 Å². The Labute approximate surface area is 73.7 Å². The van der Waals surface area contributed by atoms with Gasteiger partial charge in [-0.1, -0.05) is 19.9 Å². The second kappa shape index (κ2) is 6.17. The van der Waals surface area contributed by atoms with Crippen LogP contribution in [0.2, 0.25) is 0 Å². The first kappa shape index (κ1) is 11.6. The minimum atomic E-state index is -0.801. The smallest absolute Gasteiger partial charge is 0.103 e. The van der Waals surface area contributed by atoms with E-state index in [2.05, 4.69) is 6.58 Å². The summed E-state index contributed by atoms with van der Waals surface area (Å²) in [5.74, 6) is 0.187. The van der Waals surface area contributed by atoms with Crippen molar-refractivity contribution in [1.82, 2.24) is 0 Å². The average molecular weight is 174 g/mol. The highest BCUT2D eigenvalue weighted by Crippen LogP contribution is 2.10. The largest absolute Gasteiger partial charge is 0.394 e. The van der Waals surface area contributed by atoms with Gasteiger partial charge in [-0.3, -0.25) is 0 Å². The van der Waals surface area contributed by atoms with E-state index in [-0.39, 0.29) is 18.6 Å². The first-order valence-electron chi connectivity index (χ1n) is 4.14. The van der Waals surface area contributed by atoms with Crippen LogP contribution >= 0.6 is 0 Å². The monoisotopic (exact) mass is 174 g/mol. The lowest BCUT2D eigenvalue weighted by Crippen LogP contribution is -2.36. The lowest BCUT2D eigenvalue weighted by molar-refractivity contribution is -0.0703. The number of aliphatic hydroxyl groups excluding tert-OH is 2. The zero-order chi connectivity index (χ0) is 9.56. The van der Waals surface area contributed by atoms with E-state index in [1.54, 1.807) is 6.08 Å². The van der Waals surface area contributed by atoms with Gasteiger partial charge in [-0.15, -0.1) is 6.58 Å². The van der Waals surface area contributed by atoms with Crippen molar-refractivity contribution in [1.29, 1.82) is 0 Å². The van der Waals surface area contributed by atoms with Gasteiger partial charge in [0.05, 0.1) is 19.3 Å². The van der Waals surface area contributed by atoms with Crippen LogP contribution in [0.5, 0.6) is 0 Å². The molecule has 0 amide bonds. The van der Waals surface area contributed by atoms with Crippen LogP contribution < -0.4 is 0 Å². The summed E-state index contributed by atoms with van der Waals surface area (Å²) >= 11 is 0. The summed E-state index contributed by atoms with van der Waals surface area (Å²) in [6, 6.07) is 0. The summed E-state index contributed by atoms with van der Waals surface area (Å²) in [5.41, 5.74) is 0. The molecule has 0 saturated carbocycles. The van der Waals surface area contributed by atoms with Crippen molar-refractivity contribution in [2.24, 2.45) is 5.92 Å². The third-order valence-corrected chi connectivity index (χ3v) is 1.63. The molecule has 0 bridgehead atoms. The Hall–Kier alpha value is -0.380. The summed E-state index contributed by atoms with van der Waals surface area (Å²) in [4.78, 5) is 0. The van der Waals surface area contributed by atoms with Crippen LogP contribution in [-0.2, 0) is 4.74 Å². The summed E-state index contributed by atoms with van der Waals surface area (Å²) < 4.78 is 5.28. The molecule has 2 atom stereocenters. The van der Waals surface area contributed by atoms with E-state index in [0.717, 1.165) is 0 Å². The minimum Gasteiger partial charge on any atom is -0.394 e. The molecule has 72 valence electrons. The van der Waals surface area contributed by atoms with Crippen LogP contribution in [0.1, 0.15) is 13.8 Å². The molecule has 0 aromatic carbocycles. The summed E-state index contributed by atoms with van der Waals surface area (Å²) in [6.45, 7) is 7.52. The highest BCUT2D eigenvalue weighted by atomic mass is 16.5. The van der Waals surface area contributed by atoms with Gasteiger partial charge in [0.25, 0.3) is 0 Å². The minimum absolute atomic E-state index is 0.187. The topological polar surface area (TPSA) is 49.7 Å². The number of hydrogen-bond acceptors (Lipinski definition) is 3. The van der Waals surface area contributed by atoms with Crippen molar-refractivity contribution in [3.05, 3.63) is 12.7 Å². The Balaban J connectivity index is 3.93. The maximum absolute atomic E-state index is 9.31. The predicted molar refractivity (Wildman–Crippen MR) is 47.9 cm³/mol. The number of rotatable bonds is 6. The van der Waals surface area contributed by atoms with Gasteiger partial charge in [-0.25, -0.2) is 0 Å². The van der Waals surface area contributed by atoms with Crippen molar-refractivity contribution in [3.63, 3.8) is 0 Å². The molecule has 0 unspecified atom stereocenters. The van der Waals surface area contributed by atoms with E-state index in [9.17, 15) is 5.11 Å². The molecule has 3 nitrogen and oxygen atoms in total. The third kappa shape index (κ3) is 3.85. The molecule has 0 fully saturated rings. The lowest BCUT2D eigenvalue weighted by Gasteiger charge is -2.24. The van der Waals surface area contributed by atoms with Gasteiger partial charge < -0.3 is 14.9 Å². The highest BCUT2D eigenvalue weighted by molar-refractivity contribution is 4.74. The zero-order valence-electron chi connectivity index (χ0n) is 7.73. The molecule has 0 saturated heterocycles. The van der Waals surface area contributed by atoms with E-state index < -0.39 is 6.10 Å². The molecule has 0 heterocycles. The quantitative estimate of drug-likeness (QED) is 0.579. The SMILES string of the molecule is C=CCO[C@@H](C(C)C)[C@@H](O)CO. The molecule has 0 aliphatic rings. The normalized spacial score (nSPS) is 16.1. The Morgan fingerprint density at radius 1 is 1.50 bits per heavy atom. The van der Waals surface area contributed by atoms with Gasteiger partial charge >= 0.3 is 0 Å². The van der Waals surface area contributed by atoms with Crippen LogP contribution in [0.3, 0.4) is 0 Å². The van der Waals surface area contributed by atoms with Gasteiger partial charge in [0.1, 0.15) is 6.10 Å². The number of aliphatic hydroxyl groups is 2. The Morgan fingerprint density at radius 2 is 2.08 bits per heavy atom. The summed E-state index contributed by atoms with van der Waals surface area (Å²) in [7, 11) is 0. The molecule has 12 heavy (non-hydrogen) atoms. The van der Waals surface area contributed by atoms with Crippen LogP contribution in [0.15, 0.2) is 12.7 Å². The van der Waals surface area contributed by atoms with Crippen LogP contribution in [0, 0.1) is 5.92 Å². The van der Waals surface area contributed by atoms with Gasteiger partial charge in [-0.05, 0) is 5.92 Å². The lowest BCUT2D eigenvalue weighted by atomic mass is 10.0. The fourth-order valence-electron chi connectivity index (χ4n) is 1.03. The Bertz CT molecular complexity index is 123. The standard InChI is InChI=1S/C9H18O3/c1-4-5-12-9(7(2)3)8(11)6-10/h4,7-11H,1,5-6H2,2-3H3/t8-,9-/m0/s1. The Morgan fingerprint density at radius 3 is 2.42 bits per heavy atom. The molecule has 0 spiro atoms. The van der Waals surface area contributed by atoms with Crippen LogP contribution in [0.4, 0.5) is 0 Å². The van der Waals surface area contributed by atoms with Crippen molar-refractivity contribution >= 4 is 0 Å².